The van der Waals surface area contributed by atoms with Gasteiger partial charge >= 0.3 is 0 Å². The van der Waals surface area contributed by atoms with E-state index in [2.05, 4.69) is 14.6 Å². The number of nitrogens with one attached hydrogen (secondary N) is 2. The lowest BCUT2D eigenvalue weighted by atomic mass is 10.2. The summed E-state index contributed by atoms with van der Waals surface area (Å²) in [5.41, 5.74) is 3.75. The molecule has 2 N–H and O–H groups in total. The van der Waals surface area contributed by atoms with Gasteiger partial charge < -0.3 is 9.88 Å². The molecule has 1 heterocycles. The van der Waals surface area contributed by atoms with Crippen molar-refractivity contribution in [3.8, 4) is 11.8 Å². The van der Waals surface area contributed by atoms with Gasteiger partial charge in [-0.3, -0.25) is 4.79 Å². The van der Waals surface area contributed by atoms with Crippen molar-refractivity contribution in [2.24, 2.45) is 0 Å². The zero-order chi connectivity index (χ0) is 21.0. The molecule has 0 fully saturated rings. The summed E-state index contributed by atoms with van der Waals surface area (Å²) < 4.78 is 29.0. The number of carbonyl (C=O) groups excluding carboxylic acids is 1. The van der Waals surface area contributed by atoms with Crippen LogP contribution in [0.15, 0.2) is 65.6 Å². The standard InChI is InChI=1S/C21H20N4O3S/c1-15-7-8-16(2)25(15)19-11-9-18(10-12-19)24-21(26)14-23-29(27,28)20-6-4-3-5-17(20)13-22/h3-12,23H,14H2,1-2H3,(H,24,26). The summed E-state index contributed by atoms with van der Waals surface area (Å²) in [7, 11) is -3.97. The van der Waals surface area contributed by atoms with Crippen LogP contribution in [0.1, 0.15) is 17.0 Å². The third-order valence-corrected chi connectivity index (χ3v) is 5.86. The Morgan fingerprint density at radius 3 is 2.24 bits per heavy atom. The van der Waals surface area contributed by atoms with E-state index < -0.39 is 22.5 Å². The Labute approximate surface area is 169 Å². The van der Waals surface area contributed by atoms with Gasteiger partial charge in [0.15, 0.2) is 0 Å². The first kappa shape index (κ1) is 20.3. The van der Waals surface area contributed by atoms with E-state index in [4.69, 9.17) is 5.26 Å². The number of aromatic nitrogens is 1. The van der Waals surface area contributed by atoms with Gasteiger partial charge in [-0.2, -0.15) is 5.26 Å². The fourth-order valence-electron chi connectivity index (χ4n) is 3.01. The van der Waals surface area contributed by atoms with E-state index in [1.54, 1.807) is 18.2 Å². The Bertz CT molecular complexity index is 1170. The molecular formula is C21H20N4O3S. The van der Waals surface area contributed by atoms with Crippen LogP contribution >= 0.6 is 0 Å². The summed E-state index contributed by atoms with van der Waals surface area (Å²) in [5, 5.41) is 11.7. The molecule has 0 unspecified atom stereocenters. The molecule has 0 aliphatic heterocycles. The maximum Gasteiger partial charge on any atom is 0.242 e. The van der Waals surface area contributed by atoms with Crippen LogP contribution < -0.4 is 10.0 Å². The molecule has 148 valence electrons. The van der Waals surface area contributed by atoms with E-state index in [1.807, 2.05) is 44.2 Å². The molecule has 29 heavy (non-hydrogen) atoms. The Morgan fingerprint density at radius 1 is 1.00 bits per heavy atom. The van der Waals surface area contributed by atoms with Crippen molar-refractivity contribution in [2.45, 2.75) is 18.7 Å². The molecule has 0 radical (unpaired) electrons. The highest BCUT2D eigenvalue weighted by atomic mass is 32.2. The van der Waals surface area contributed by atoms with E-state index >= 15 is 0 Å². The maximum atomic E-state index is 12.4. The van der Waals surface area contributed by atoms with Crippen molar-refractivity contribution >= 4 is 21.6 Å². The number of hydrogen-bond donors (Lipinski definition) is 2. The highest BCUT2D eigenvalue weighted by Gasteiger charge is 2.19. The van der Waals surface area contributed by atoms with Crippen LogP contribution in [0.5, 0.6) is 0 Å². The molecule has 0 aliphatic carbocycles. The molecule has 7 nitrogen and oxygen atoms in total. The van der Waals surface area contributed by atoms with Crippen LogP contribution in [0.4, 0.5) is 5.69 Å². The Hall–Kier alpha value is -3.41. The van der Waals surface area contributed by atoms with Crippen molar-refractivity contribution in [3.63, 3.8) is 0 Å². The zero-order valence-corrected chi connectivity index (χ0v) is 16.8. The van der Waals surface area contributed by atoms with E-state index in [0.29, 0.717) is 5.69 Å². The van der Waals surface area contributed by atoms with Crippen molar-refractivity contribution in [3.05, 3.63) is 77.6 Å². The second-order valence-electron chi connectivity index (χ2n) is 6.48. The molecule has 1 amide bonds. The third kappa shape index (κ3) is 4.54. The summed E-state index contributed by atoms with van der Waals surface area (Å²) in [5.74, 6) is -0.510. The first-order chi connectivity index (χ1) is 13.8. The molecule has 3 rings (SSSR count). The molecule has 0 atom stereocenters. The van der Waals surface area contributed by atoms with Crippen LogP contribution in [0, 0.1) is 25.2 Å². The molecule has 0 bridgehead atoms. The summed E-state index contributed by atoms with van der Waals surface area (Å²) in [6.45, 7) is 3.58. The second kappa shape index (κ2) is 8.31. The first-order valence-electron chi connectivity index (χ1n) is 8.86. The Balaban J connectivity index is 1.65. The normalized spacial score (nSPS) is 11.1. The molecule has 0 spiro atoms. The number of nitrogens with zero attached hydrogens (tertiary/aromatic N) is 2. The van der Waals surface area contributed by atoms with Gasteiger partial charge in [0.2, 0.25) is 15.9 Å². The number of amides is 1. The van der Waals surface area contributed by atoms with Crippen LogP contribution in [-0.4, -0.2) is 25.4 Å². The fourth-order valence-corrected chi connectivity index (χ4v) is 4.14. The molecule has 0 saturated carbocycles. The van der Waals surface area contributed by atoms with E-state index in [1.165, 1.54) is 18.2 Å². The first-order valence-corrected chi connectivity index (χ1v) is 10.3. The number of anilines is 1. The van der Waals surface area contributed by atoms with E-state index in [0.717, 1.165) is 17.1 Å². The Morgan fingerprint density at radius 2 is 1.62 bits per heavy atom. The van der Waals surface area contributed by atoms with Crippen molar-refractivity contribution < 1.29 is 13.2 Å². The van der Waals surface area contributed by atoms with Gasteiger partial charge in [0.25, 0.3) is 0 Å². The number of carbonyl (C=O) groups is 1. The number of rotatable bonds is 6. The second-order valence-corrected chi connectivity index (χ2v) is 8.21. The van der Waals surface area contributed by atoms with Gasteiger partial charge in [0, 0.05) is 22.8 Å². The number of sulfonamides is 1. The third-order valence-electron chi connectivity index (χ3n) is 4.40. The highest BCUT2D eigenvalue weighted by Crippen LogP contribution is 2.19. The minimum absolute atomic E-state index is 0.0200. The predicted octanol–water partition coefficient (Wildman–Crippen LogP) is 2.88. The lowest BCUT2D eigenvalue weighted by Crippen LogP contribution is -2.33. The number of aryl methyl sites for hydroxylation is 2. The van der Waals surface area contributed by atoms with Crippen LogP contribution in [0.25, 0.3) is 5.69 Å². The van der Waals surface area contributed by atoms with Crippen molar-refractivity contribution in [1.82, 2.24) is 9.29 Å². The number of nitriles is 1. The number of hydrogen-bond acceptors (Lipinski definition) is 4. The molecule has 3 aromatic rings. The minimum atomic E-state index is -3.97. The fraction of sp³-hybridized carbons (Fsp3) is 0.143. The molecule has 2 aromatic carbocycles. The number of benzene rings is 2. The van der Waals surface area contributed by atoms with Gasteiger partial charge in [-0.05, 0) is 62.4 Å². The molecule has 1 aromatic heterocycles. The van der Waals surface area contributed by atoms with Crippen LogP contribution in [0.2, 0.25) is 0 Å². The maximum absolute atomic E-state index is 12.4. The highest BCUT2D eigenvalue weighted by molar-refractivity contribution is 7.89. The molecule has 8 heteroatoms. The predicted molar refractivity (Wildman–Crippen MR) is 110 cm³/mol. The van der Waals surface area contributed by atoms with Crippen LogP contribution in [-0.2, 0) is 14.8 Å². The van der Waals surface area contributed by atoms with Gasteiger partial charge in [-0.15, -0.1) is 0 Å². The average molecular weight is 408 g/mol. The largest absolute Gasteiger partial charge is 0.325 e. The Kier molecular flexibility index (Phi) is 5.82. The van der Waals surface area contributed by atoms with Gasteiger partial charge in [-0.25, -0.2) is 13.1 Å². The summed E-state index contributed by atoms with van der Waals surface area (Å²) in [4.78, 5) is 12.0. The monoisotopic (exact) mass is 408 g/mol. The average Bonchev–Trinajstić information content (AvgIpc) is 3.05. The van der Waals surface area contributed by atoms with Gasteiger partial charge in [0.1, 0.15) is 6.07 Å². The molecular weight excluding hydrogens is 388 g/mol. The van der Waals surface area contributed by atoms with E-state index in [9.17, 15) is 13.2 Å². The van der Waals surface area contributed by atoms with Crippen molar-refractivity contribution in [2.75, 3.05) is 11.9 Å². The topological polar surface area (TPSA) is 104 Å². The SMILES string of the molecule is Cc1ccc(C)n1-c1ccc(NC(=O)CNS(=O)(=O)c2ccccc2C#N)cc1. The summed E-state index contributed by atoms with van der Waals surface area (Å²) in [6.07, 6.45) is 0. The van der Waals surface area contributed by atoms with Crippen molar-refractivity contribution in [1.29, 1.82) is 5.26 Å². The summed E-state index contributed by atoms with van der Waals surface area (Å²) in [6, 6.07) is 19.0. The molecule has 0 saturated heterocycles. The summed E-state index contributed by atoms with van der Waals surface area (Å²) >= 11 is 0. The smallest absolute Gasteiger partial charge is 0.242 e. The lowest BCUT2D eigenvalue weighted by molar-refractivity contribution is -0.115. The molecule has 0 aliphatic rings. The van der Waals surface area contributed by atoms with Crippen LogP contribution in [0.3, 0.4) is 0 Å². The lowest BCUT2D eigenvalue weighted by Gasteiger charge is -2.11. The minimum Gasteiger partial charge on any atom is -0.325 e. The zero-order valence-electron chi connectivity index (χ0n) is 16.0. The van der Waals surface area contributed by atoms with Gasteiger partial charge in [0.05, 0.1) is 17.0 Å². The quantitative estimate of drug-likeness (QED) is 0.654. The van der Waals surface area contributed by atoms with E-state index in [-0.39, 0.29) is 10.5 Å². The van der Waals surface area contributed by atoms with Gasteiger partial charge in [-0.1, -0.05) is 12.1 Å².